The number of carbonyl (C=O) groups is 2. The van der Waals surface area contributed by atoms with Crippen LogP contribution in [0.3, 0.4) is 0 Å². The van der Waals surface area contributed by atoms with E-state index in [0.717, 1.165) is 62.6 Å². The third-order valence-electron chi connectivity index (χ3n) is 20.8. The van der Waals surface area contributed by atoms with E-state index in [4.69, 9.17) is 46.7 Å². The number of aromatic nitrogens is 11. The molecule has 15 rings (SSSR count). The zero-order valence-corrected chi connectivity index (χ0v) is 58.9. The molecule has 0 saturated carbocycles. The van der Waals surface area contributed by atoms with E-state index in [1.165, 1.54) is 47.8 Å². The average molecular weight is 1480 g/mol. The number of aryl methyl sites for hydroxylation is 3. The number of rotatable bonds is 17. The van der Waals surface area contributed by atoms with Crippen LogP contribution in [0.25, 0.3) is 67.4 Å². The van der Waals surface area contributed by atoms with Crippen LogP contribution in [0.4, 0.5) is 43.8 Å². The molecule has 24 nitrogen and oxygen atoms in total. The number of pyridine rings is 3. The molecular formula is C71H67ClF6N20O4S2. The fraction of sp³-hybridized carbons (Fsp3) is 0.423. The summed E-state index contributed by atoms with van der Waals surface area (Å²) in [6, 6.07) is 11.5. The Hall–Kier alpha value is -9.86. The van der Waals surface area contributed by atoms with Crippen molar-refractivity contribution in [1.29, 1.82) is 10.5 Å². The molecule has 0 bridgehead atoms. The number of amides is 2. The fourth-order valence-electron chi connectivity index (χ4n) is 16.2. The number of anilines is 3. The Morgan fingerprint density at radius 2 is 1.25 bits per heavy atom. The van der Waals surface area contributed by atoms with Crippen molar-refractivity contribution in [3.05, 3.63) is 116 Å². The number of nitrogens with two attached hydrogens (primary N) is 1. The van der Waals surface area contributed by atoms with E-state index in [1.54, 1.807) is 54.0 Å². The van der Waals surface area contributed by atoms with Crippen molar-refractivity contribution in [2.24, 2.45) is 0 Å². The third kappa shape index (κ3) is 13.1. The van der Waals surface area contributed by atoms with Gasteiger partial charge in [0.15, 0.2) is 11.6 Å². The lowest BCUT2D eigenvalue weighted by atomic mass is 9.93. The van der Waals surface area contributed by atoms with Crippen molar-refractivity contribution in [3.63, 3.8) is 0 Å². The SMILES string of the molecule is Cc1nsc(/C=C/C(=O)N2CCN(c3nc(OC[C@@]45CCCN4C(c4cc(Cl)c6c(-c7ncc8c(N9CCN(C(=O)/C=C/c%10nc(C)ns%10)[C@@H](CC#N)C9)nc(OCC9%10CCCN9CCC%10)nc8c7F)cccc6c4)[C@H](F)C5)nc4c(F)c(-c5nc(N)cc(C)c5C(F)(F)F)ncc34)C[C@@H]2CC#N)n1. The molecular weight excluding hydrogens is 1410 g/mol. The molecule has 6 fully saturated rings. The number of piperazine rings is 2. The van der Waals surface area contributed by atoms with E-state index < -0.39 is 82.0 Å². The van der Waals surface area contributed by atoms with Gasteiger partial charge in [0.05, 0.1) is 70.5 Å². The molecule has 6 aliphatic heterocycles. The van der Waals surface area contributed by atoms with Gasteiger partial charge in [0.1, 0.15) is 86.6 Å². The lowest BCUT2D eigenvalue weighted by Crippen LogP contribution is -2.55. The number of hydrogen-bond donors (Lipinski definition) is 1. The van der Waals surface area contributed by atoms with E-state index in [9.17, 15) is 33.3 Å². The lowest BCUT2D eigenvalue weighted by Gasteiger charge is -2.41. The molecule has 104 heavy (non-hydrogen) atoms. The van der Waals surface area contributed by atoms with Crippen LogP contribution in [-0.2, 0) is 15.8 Å². The Labute approximate surface area is 605 Å². The summed E-state index contributed by atoms with van der Waals surface area (Å²) >= 11 is 9.67. The molecule has 0 radical (unpaired) electrons. The molecule has 0 aliphatic carbocycles. The first kappa shape index (κ1) is 69.8. The molecule has 33 heteroatoms. The second-order valence-corrected chi connectivity index (χ2v) is 29.2. The van der Waals surface area contributed by atoms with E-state index in [1.807, 2.05) is 15.9 Å². The van der Waals surface area contributed by atoms with Crippen molar-refractivity contribution < 1.29 is 45.4 Å². The van der Waals surface area contributed by atoms with Crippen LogP contribution in [0.2, 0.25) is 5.02 Å². The summed E-state index contributed by atoms with van der Waals surface area (Å²) in [7, 11) is 0. The lowest BCUT2D eigenvalue weighted by molar-refractivity contribution is -0.137. The molecule has 536 valence electrons. The molecule has 2 amide bonds. The van der Waals surface area contributed by atoms with Gasteiger partial charge in [-0.1, -0.05) is 29.8 Å². The van der Waals surface area contributed by atoms with Gasteiger partial charge in [-0.05, 0) is 149 Å². The van der Waals surface area contributed by atoms with E-state index >= 15 is 13.2 Å². The summed E-state index contributed by atoms with van der Waals surface area (Å²) in [6.45, 7) is 7.86. The maximum atomic E-state index is 18.0. The second-order valence-electron chi connectivity index (χ2n) is 27.2. The minimum Gasteiger partial charge on any atom is -0.461 e. The van der Waals surface area contributed by atoms with Crippen LogP contribution in [-0.4, -0.2) is 186 Å². The highest BCUT2D eigenvalue weighted by atomic mass is 35.5. The average Bonchev–Trinajstić information content (AvgIpc) is 1.23. The summed E-state index contributed by atoms with van der Waals surface area (Å²) in [6.07, 6.45) is 6.89. The zero-order valence-electron chi connectivity index (χ0n) is 56.5. The molecule has 6 aliphatic rings. The quantitative estimate of drug-likeness (QED) is 0.0654. The molecule has 1 unspecified atom stereocenters. The standard InChI is InChI=1S/C71H67ClF6N20O4S2/c1-38-28-50(81)86-62(56(38)71(76,77)78)63-58(75)61-47(33-83-63)66(94-25-27-97(44(35-94)15-20-80)54(100)13-11-52-85-40(3)92-104-52)90-68(88-61)102-37-70-18-7-23-98(70)64(49(73)31-70)42-29-41-8-4-9-45(55(41)48(72)30-42)59-57(74)60-46(32-82-59)65(89-67(87-60)101-36-69-16-5-21-95(69)22-6-17-69)93-24-26-96(43(34-93)14-19-79)53(99)12-10-51-84-39(2)91-103-51/h4,8-13,28-30,32-33,43-44,49,64H,5-7,14-18,21-27,31,34-37H2,1-3H3,(H2,81,86)/b12-10+,13-11+/t43-,44-,49+,64?,70-/m0/s1. The van der Waals surface area contributed by atoms with Gasteiger partial charge in [0.25, 0.3) is 0 Å². The van der Waals surface area contributed by atoms with Crippen LogP contribution < -0.4 is 25.0 Å². The summed E-state index contributed by atoms with van der Waals surface area (Å²) in [5.74, 6) is -1.58. The predicted octanol–water partition coefficient (Wildman–Crippen LogP) is 11.4. The summed E-state index contributed by atoms with van der Waals surface area (Å²) < 4.78 is 119. The van der Waals surface area contributed by atoms with Crippen LogP contribution in [0.5, 0.6) is 12.0 Å². The molecule has 13 heterocycles. The first-order valence-electron chi connectivity index (χ1n) is 34.1. The second kappa shape index (κ2) is 28.0. The Morgan fingerprint density at radius 3 is 1.81 bits per heavy atom. The Morgan fingerprint density at radius 1 is 0.702 bits per heavy atom. The smallest absolute Gasteiger partial charge is 0.418 e. The third-order valence-corrected chi connectivity index (χ3v) is 22.7. The van der Waals surface area contributed by atoms with Gasteiger partial charge in [0, 0.05) is 86.2 Å². The van der Waals surface area contributed by atoms with Crippen LogP contribution >= 0.6 is 34.7 Å². The van der Waals surface area contributed by atoms with Gasteiger partial charge in [-0.25, -0.2) is 28.1 Å². The van der Waals surface area contributed by atoms with Crippen molar-refractivity contribution in [2.75, 3.05) is 87.7 Å². The highest BCUT2D eigenvalue weighted by Crippen LogP contribution is 2.52. The van der Waals surface area contributed by atoms with Gasteiger partial charge in [-0.15, -0.1) is 0 Å². The molecule has 5 atom stereocenters. The summed E-state index contributed by atoms with van der Waals surface area (Å²) in [5.41, 5.74) is 1.78. The first-order chi connectivity index (χ1) is 50.1. The largest absolute Gasteiger partial charge is 0.461 e. The molecule has 0 spiro atoms. The van der Waals surface area contributed by atoms with Gasteiger partial charge in [-0.2, -0.15) is 52.4 Å². The number of nitrogens with zero attached hydrogens (tertiary/aromatic N) is 19. The van der Waals surface area contributed by atoms with Gasteiger partial charge >= 0.3 is 18.2 Å². The number of hydrogen-bond acceptors (Lipinski definition) is 24. The minimum atomic E-state index is -5.01. The molecule has 6 saturated heterocycles. The molecule has 2 N–H and O–H groups in total. The Balaban J connectivity index is 0.737. The number of alkyl halides is 4. The van der Waals surface area contributed by atoms with Crippen molar-refractivity contribution in [2.45, 2.75) is 120 Å². The molecule has 2 aromatic carbocycles. The number of carbonyl (C=O) groups excluding carboxylic acids is 2. The predicted molar refractivity (Wildman–Crippen MR) is 378 cm³/mol. The van der Waals surface area contributed by atoms with Crippen LogP contribution in [0.15, 0.2) is 60.9 Å². The van der Waals surface area contributed by atoms with Gasteiger partial charge in [-0.3, -0.25) is 29.4 Å². The number of benzene rings is 2. The number of halogens is 7. The first-order valence-corrected chi connectivity index (χ1v) is 36.1. The van der Waals surface area contributed by atoms with Gasteiger partial charge in [0.2, 0.25) is 11.8 Å². The highest BCUT2D eigenvalue weighted by molar-refractivity contribution is 7.06. The van der Waals surface area contributed by atoms with E-state index in [0.29, 0.717) is 68.8 Å². The Kier molecular flexibility index (Phi) is 18.8. The van der Waals surface area contributed by atoms with Crippen LogP contribution in [0, 0.1) is 55.1 Å². The zero-order chi connectivity index (χ0) is 72.5. The summed E-state index contributed by atoms with van der Waals surface area (Å²) in [4.78, 5) is 79.3. The van der Waals surface area contributed by atoms with Gasteiger partial charge < -0.3 is 34.8 Å². The number of nitrogen functional groups attached to an aromatic ring is 1. The van der Waals surface area contributed by atoms with Crippen molar-refractivity contribution >= 4 is 109 Å². The number of fused-ring (bicyclic) bond motifs is 5. The van der Waals surface area contributed by atoms with E-state index in [-0.39, 0.29) is 133 Å². The normalized spacial score (nSPS) is 21.5. The van der Waals surface area contributed by atoms with Crippen molar-refractivity contribution in [3.8, 4) is 46.8 Å². The Bertz CT molecular complexity index is 5060. The number of nitriles is 2. The highest BCUT2D eigenvalue weighted by Gasteiger charge is 2.56. The monoisotopic (exact) mass is 1480 g/mol. The number of ether oxygens (including phenoxy) is 2. The topological polar surface area (TPSA) is 287 Å². The maximum Gasteiger partial charge on any atom is 0.418 e. The maximum absolute atomic E-state index is 18.0. The minimum absolute atomic E-state index is 0.00445. The van der Waals surface area contributed by atoms with E-state index in [2.05, 4.69) is 50.7 Å². The fourth-order valence-corrected chi connectivity index (χ4v) is 17.7. The molecule has 9 aromatic rings. The van der Waals surface area contributed by atoms with Crippen molar-refractivity contribution in [1.82, 2.24) is 73.2 Å². The van der Waals surface area contributed by atoms with Crippen LogP contribution in [0.1, 0.15) is 102 Å². The molecule has 7 aromatic heterocycles. The summed E-state index contributed by atoms with van der Waals surface area (Å²) in [5, 5.41) is 22.6.